The van der Waals surface area contributed by atoms with Crippen LogP contribution in [0.25, 0.3) is 0 Å². The smallest absolute Gasteiger partial charge is 0.243 e. The van der Waals surface area contributed by atoms with Gasteiger partial charge in [0.25, 0.3) is 0 Å². The molecule has 0 saturated heterocycles. The van der Waals surface area contributed by atoms with Gasteiger partial charge >= 0.3 is 0 Å². The van der Waals surface area contributed by atoms with E-state index >= 15 is 0 Å². The summed E-state index contributed by atoms with van der Waals surface area (Å²) < 4.78 is 20.1. The number of hydrogen-bond donors (Lipinski definition) is 2. The molecule has 0 radical (unpaired) electrons. The summed E-state index contributed by atoms with van der Waals surface area (Å²) in [6.45, 7) is 3.72. The summed E-state index contributed by atoms with van der Waals surface area (Å²) in [6, 6.07) is 3.08. The van der Waals surface area contributed by atoms with Crippen LogP contribution in [0, 0.1) is 5.92 Å². The normalized spacial score (nSPS) is 16.3. The highest BCUT2D eigenvalue weighted by Gasteiger charge is 2.45. The Hall–Kier alpha value is -0.790. The Morgan fingerprint density at radius 2 is 2.28 bits per heavy atom. The number of hydrogen-bond acceptors (Lipinski definition) is 3. The molecule has 0 fully saturated rings. The number of primary amides is 1. The van der Waals surface area contributed by atoms with Gasteiger partial charge in [-0.1, -0.05) is 13.8 Å². The van der Waals surface area contributed by atoms with Crippen LogP contribution in [0.3, 0.4) is 0 Å². The Labute approximate surface area is 117 Å². The van der Waals surface area contributed by atoms with E-state index in [1.54, 1.807) is 6.07 Å². The lowest BCUT2D eigenvalue weighted by Crippen LogP contribution is -2.45. The van der Waals surface area contributed by atoms with Gasteiger partial charge in [-0.25, -0.2) is 9.19 Å². The lowest BCUT2D eigenvalue weighted by atomic mass is 9.89. The Morgan fingerprint density at radius 3 is 2.67 bits per heavy atom. The van der Waals surface area contributed by atoms with Gasteiger partial charge < -0.3 is 10.3 Å². The van der Waals surface area contributed by atoms with Crippen molar-refractivity contribution in [2.75, 3.05) is 0 Å². The highest BCUT2D eigenvalue weighted by molar-refractivity contribution is 9.10. The van der Waals surface area contributed by atoms with Gasteiger partial charge in [0.1, 0.15) is 4.60 Å². The lowest BCUT2D eigenvalue weighted by Gasteiger charge is -2.29. The second-order valence-electron chi connectivity index (χ2n) is 4.41. The molecule has 0 saturated carbocycles. The monoisotopic (exact) mass is 334 g/mol. The molecule has 0 spiro atoms. The summed E-state index contributed by atoms with van der Waals surface area (Å²) in [6.07, 6.45) is 1.66. The van der Waals surface area contributed by atoms with E-state index in [9.17, 15) is 13.6 Å². The van der Waals surface area contributed by atoms with Gasteiger partial charge in [-0.3, -0.25) is 4.79 Å². The minimum atomic E-state index is -2.40. The van der Waals surface area contributed by atoms with E-state index in [1.807, 2.05) is 13.8 Å². The van der Waals surface area contributed by atoms with Crippen molar-refractivity contribution in [1.82, 2.24) is 4.98 Å². The second kappa shape index (κ2) is 5.90. The van der Waals surface area contributed by atoms with Gasteiger partial charge in [-0.2, -0.15) is 0 Å². The Morgan fingerprint density at radius 1 is 1.67 bits per heavy atom. The first-order valence-electron chi connectivity index (χ1n) is 5.33. The van der Waals surface area contributed by atoms with Crippen LogP contribution in [0.4, 0.5) is 0 Å². The molecular formula is C11H15BrN2O3S. The minimum absolute atomic E-state index is 0.0422. The van der Waals surface area contributed by atoms with Crippen molar-refractivity contribution in [3.63, 3.8) is 0 Å². The van der Waals surface area contributed by atoms with Crippen LogP contribution in [-0.2, 0) is 20.6 Å². The number of pyridine rings is 1. The summed E-state index contributed by atoms with van der Waals surface area (Å²) in [5.74, 6) is -0.768. The molecule has 3 N–H and O–H groups in total. The molecule has 2 atom stereocenters. The van der Waals surface area contributed by atoms with Crippen molar-refractivity contribution in [1.29, 1.82) is 0 Å². The minimum Gasteiger partial charge on any atom is -0.368 e. The molecule has 0 bridgehead atoms. The van der Waals surface area contributed by atoms with Crippen molar-refractivity contribution in [2.24, 2.45) is 11.7 Å². The summed E-state index contributed by atoms with van der Waals surface area (Å²) in [5, 5.41) is 0. The number of aromatic nitrogens is 1. The first kappa shape index (κ1) is 15.3. The van der Waals surface area contributed by atoms with Crippen molar-refractivity contribution < 1.29 is 13.6 Å². The van der Waals surface area contributed by atoms with Gasteiger partial charge in [0.05, 0.1) is 0 Å². The number of nitrogens with zero attached hydrogens (tertiary/aromatic N) is 1. The molecule has 5 nitrogen and oxygen atoms in total. The third-order valence-electron chi connectivity index (χ3n) is 2.58. The first-order chi connectivity index (χ1) is 8.30. The summed E-state index contributed by atoms with van der Waals surface area (Å²) in [5.41, 5.74) is 5.77. The van der Waals surface area contributed by atoms with Crippen molar-refractivity contribution >= 4 is 32.9 Å². The number of nitrogens with two attached hydrogens (primary N) is 1. The van der Waals surface area contributed by atoms with Gasteiger partial charge in [-0.05, 0) is 46.0 Å². The number of rotatable bonds is 5. The molecule has 0 aromatic carbocycles. The van der Waals surface area contributed by atoms with E-state index in [4.69, 9.17) is 5.73 Å². The van der Waals surface area contributed by atoms with Crippen molar-refractivity contribution in [3.8, 4) is 0 Å². The Bertz CT molecular complexity index is 465. The maximum atomic E-state index is 11.7. The molecule has 1 rings (SSSR count). The summed E-state index contributed by atoms with van der Waals surface area (Å²) >= 11 is 0.780. The predicted octanol–water partition coefficient (Wildman–Crippen LogP) is 1.79. The van der Waals surface area contributed by atoms with Crippen LogP contribution in [0.2, 0.25) is 0 Å². The van der Waals surface area contributed by atoms with Crippen molar-refractivity contribution in [3.05, 3.63) is 28.5 Å². The Kier molecular flexibility index (Phi) is 5.01. The van der Waals surface area contributed by atoms with Crippen LogP contribution in [-0.4, -0.2) is 19.7 Å². The van der Waals surface area contributed by atoms with Gasteiger partial charge in [-0.15, -0.1) is 0 Å². The quantitative estimate of drug-likeness (QED) is 0.634. The first-order valence-corrected chi connectivity index (χ1v) is 7.23. The zero-order chi connectivity index (χ0) is 13.9. The zero-order valence-corrected chi connectivity index (χ0v) is 12.5. The topological polar surface area (TPSA) is 93.3 Å². The summed E-state index contributed by atoms with van der Waals surface area (Å²) in [4.78, 5) is 15.7. The fourth-order valence-corrected chi connectivity index (χ4v) is 3.19. The van der Waals surface area contributed by atoms with Crippen LogP contribution >= 0.6 is 15.9 Å². The highest BCUT2D eigenvalue weighted by atomic mass is 79.9. The van der Waals surface area contributed by atoms with Crippen LogP contribution in [0.15, 0.2) is 22.9 Å². The van der Waals surface area contributed by atoms with E-state index in [0.29, 0.717) is 10.2 Å². The molecule has 100 valence electrons. The number of carbonyl (C=O) groups excluding carboxylic acids is 1. The van der Waals surface area contributed by atoms with Gasteiger partial charge in [0, 0.05) is 6.20 Å². The predicted molar refractivity (Wildman–Crippen MR) is 73.0 cm³/mol. The fourth-order valence-electron chi connectivity index (χ4n) is 1.85. The molecule has 1 aromatic heterocycles. The maximum absolute atomic E-state index is 11.7. The van der Waals surface area contributed by atoms with E-state index in [-0.39, 0.29) is 12.3 Å². The standard InChI is InChI=1S/C11H15BrN2O3S/c1-7(2)6-11(10(13)15,18(16)17)8-3-4-14-9(12)5-8/h3-5,7H,6H2,1-2H3,(H2,13,15)(H,16,17). The van der Waals surface area contributed by atoms with E-state index in [0.717, 1.165) is 0 Å². The molecule has 0 aliphatic carbocycles. The van der Waals surface area contributed by atoms with Crippen LogP contribution in [0.5, 0.6) is 0 Å². The van der Waals surface area contributed by atoms with Gasteiger partial charge in [0.15, 0.2) is 15.8 Å². The molecule has 1 amide bonds. The largest absolute Gasteiger partial charge is 0.368 e. The van der Waals surface area contributed by atoms with Crippen LogP contribution < -0.4 is 5.73 Å². The van der Waals surface area contributed by atoms with E-state index in [1.165, 1.54) is 12.3 Å². The van der Waals surface area contributed by atoms with E-state index < -0.39 is 21.7 Å². The van der Waals surface area contributed by atoms with E-state index in [2.05, 4.69) is 20.9 Å². The average molecular weight is 335 g/mol. The lowest BCUT2D eigenvalue weighted by molar-refractivity contribution is -0.121. The SMILES string of the molecule is CC(C)CC(C(N)=O)(c1ccnc(Br)c1)S(=O)O. The highest BCUT2D eigenvalue weighted by Crippen LogP contribution is 2.34. The molecule has 1 aromatic rings. The second-order valence-corrected chi connectivity index (χ2v) is 6.41. The molecule has 0 aliphatic heterocycles. The maximum Gasteiger partial charge on any atom is 0.243 e. The number of halogens is 1. The fraction of sp³-hybridized carbons (Fsp3) is 0.455. The Balaban J connectivity index is 3.43. The van der Waals surface area contributed by atoms with Crippen LogP contribution in [0.1, 0.15) is 25.8 Å². The number of carbonyl (C=O) groups is 1. The molecule has 2 unspecified atom stereocenters. The zero-order valence-electron chi connectivity index (χ0n) is 10.1. The molecule has 18 heavy (non-hydrogen) atoms. The molecule has 1 heterocycles. The third kappa shape index (κ3) is 2.96. The molecule has 0 aliphatic rings. The molecule has 7 heteroatoms. The number of amides is 1. The van der Waals surface area contributed by atoms with Gasteiger partial charge in [0.2, 0.25) is 5.91 Å². The van der Waals surface area contributed by atoms with Crippen molar-refractivity contribution in [2.45, 2.75) is 25.0 Å². The average Bonchev–Trinajstić information content (AvgIpc) is 2.24. The molecular weight excluding hydrogens is 320 g/mol. The third-order valence-corrected chi connectivity index (χ3v) is 4.22. The summed E-state index contributed by atoms with van der Waals surface area (Å²) in [7, 11) is 0.